The minimum atomic E-state index is -0.694. The van der Waals surface area contributed by atoms with Gasteiger partial charge in [0.05, 0.1) is 0 Å². The predicted molar refractivity (Wildman–Crippen MR) is 110 cm³/mol. The van der Waals surface area contributed by atoms with Crippen LogP contribution in [-0.2, 0) is 9.59 Å². The first-order valence-corrected chi connectivity index (χ1v) is 10.4. The van der Waals surface area contributed by atoms with Crippen molar-refractivity contribution in [1.82, 2.24) is 15.2 Å². The summed E-state index contributed by atoms with van der Waals surface area (Å²) in [6.07, 6.45) is 12.8. The smallest absolute Gasteiger partial charge is 0.247 e. The minimum absolute atomic E-state index is 0.0551. The molecule has 0 saturated heterocycles. The van der Waals surface area contributed by atoms with E-state index in [9.17, 15) is 9.59 Å². The van der Waals surface area contributed by atoms with Gasteiger partial charge in [0.15, 0.2) is 0 Å². The highest BCUT2D eigenvalue weighted by Crippen LogP contribution is 2.52. The van der Waals surface area contributed by atoms with Crippen LogP contribution in [0.3, 0.4) is 0 Å². The van der Waals surface area contributed by atoms with Gasteiger partial charge in [-0.15, -0.1) is 0 Å². The molecule has 0 aliphatic heterocycles. The topological polar surface area (TPSA) is 62.3 Å². The molecular formula is C23H33N3O2. The Morgan fingerprint density at radius 3 is 2.61 bits per heavy atom. The van der Waals surface area contributed by atoms with E-state index in [4.69, 9.17) is 0 Å². The molecule has 2 aliphatic rings. The molecule has 1 heterocycles. The fraction of sp³-hybridized carbons (Fsp3) is 0.609. The second-order valence-electron chi connectivity index (χ2n) is 9.48. The van der Waals surface area contributed by atoms with Crippen LogP contribution < -0.4 is 5.32 Å². The first-order chi connectivity index (χ1) is 13.2. The van der Waals surface area contributed by atoms with Gasteiger partial charge in [-0.2, -0.15) is 0 Å². The van der Waals surface area contributed by atoms with E-state index in [0.29, 0.717) is 5.41 Å². The van der Waals surface area contributed by atoms with E-state index in [2.05, 4.69) is 16.9 Å². The number of carbonyl (C=O) groups is 2. The molecule has 2 atom stereocenters. The molecule has 152 valence electrons. The van der Waals surface area contributed by atoms with E-state index in [1.165, 1.54) is 31.8 Å². The highest BCUT2D eigenvalue weighted by Gasteiger charge is 2.46. The van der Waals surface area contributed by atoms with Gasteiger partial charge in [0.1, 0.15) is 6.04 Å². The number of nitrogens with one attached hydrogen (secondary N) is 1. The second kappa shape index (κ2) is 8.06. The molecular weight excluding hydrogens is 350 g/mol. The van der Waals surface area contributed by atoms with Gasteiger partial charge in [0.2, 0.25) is 11.8 Å². The average Bonchev–Trinajstić information content (AvgIpc) is 3.28. The van der Waals surface area contributed by atoms with Crippen molar-refractivity contribution in [3.63, 3.8) is 0 Å². The van der Waals surface area contributed by atoms with E-state index < -0.39 is 6.04 Å². The lowest BCUT2D eigenvalue weighted by Gasteiger charge is -2.37. The molecule has 2 amide bonds. The summed E-state index contributed by atoms with van der Waals surface area (Å²) in [5.74, 6) is -0.346. The van der Waals surface area contributed by atoms with Crippen molar-refractivity contribution in [2.45, 2.75) is 83.3 Å². The monoisotopic (exact) mass is 383 g/mol. The zero-order valence-electron chi connectivity index (χ0n) is 17.4. The highest BCUT2D eigenvalue weighted by atomic mass is 16.2. The van der Waals surface area contributed by atoms with Crippen LogP contribution in [0.4, 0.5) is 0 Å². The van der Waals surface area contributed by atoms with Crippen LogP contribution in [0.5, 0.6) is 0 Å². The van der Waals surface area contributed by atoms with E-state index in [0.717, 1.165) is 24.8 Å². The molecule has 2 saturated carbocycles. The number of aromatic nitrogens is 1. The van der Waals surface area contributed by atoms with Gasteiger partial charge in [-0.1, -0.05) is 25.5 Å². The average molecular weight is 384 g/mol. The number of pyridine rings is 1. The predicted octanol–water partition coefficient (Wildman–Crippen LogP) is 4.16. The Morgan fingerprint density at radius 1 is 1.32 bits per heavy atom. The number of nitrogens with zero attached hydrogens (tertiary/aromatic N) is 2. The normalized spacial score (nSPS) is 22.0. The molecule has 2 unspecified atom stereocenters. The van der Waals surface area contributed by atoms with Crippen molar-refractivity contribution in [2.24, 2.45) is 5.41 Å². The summed E-state index contributed by atoms with van der Waals surface area (Å²) in [6, 6.07) is 3.06. The maximum absolute atomic E-state index is 13.3. The third kappa shape index (κ3) is 4.45. The Bertz CT molecular complexity index is 717. The molecule has 2 aliphatic carbocycles. The molecule has 5 nitrogen and oxygen atoms in total. The molecule has 1 spiro atoms. The van der Waals surface area contributed by atoms with Crippen LogP contribution >= 0.6 is 0 Å². The summed E-state index contributed by atoms with van der Waals surface area (Å²) in [4.78, 5) is 32.3. The van der Waals surface area contributed by atoms with Gasteiger partial charge in [0.25, 0.3) is 0 Å². The molecule has 2 fully saturated rings. The van der Waals surface area contributed by atoms with Crippen molar-refractivity contribution in [3.05, 3.63) is 42.7 Å². The summed E-state index contributed by atoms with van der Waals surface area (Å²) in [6.45, 7) is 9.57. The van der Waals surface area contributed by atoms with Crippen LogP contribution in [0.2, 0.25) is 0 Å². The quantitative estimate of drug-likeness (QED) is 0.777. The maximum atomic E-state index is 13.3. The van der Waals surface area contributed by atoms with Crippen LogP contribution in [-0.4, -0.2) is 33.3 Å². The first kappa shape index (κ1) is 20.6. The molecule has 0 bridgehead atoms. The lowest BCUT2D eigenvalue weighted by Crippen LogP contribution is -2.51. The number of hydrogen-bond donors (Lipinski definition) is 1. The lowest BCUT2D eigenvalue weighted by atomic mass is 9.84. The van der Waals surface area contributed by atoms with Gasteiger partial charge in [0, 0.05) is 29.5 Å². The minimum Gasteiger partial charge on any atom is -0.349 e. The Hall–Kier alpha value is -2.17. The summed E-state index contributed by atoms with van der Waals surface area (Å²) >= 11 is 0. The molecule has 1 aromatic rings. The summed E-state index contributed by atoms with van der Waals surface area (Å²) in [7, 11) is 0. The Balaban J connectivity index is 1.96. The van der Waals surface area contributed by atoms with Crippen molar-refractivity contribution < 1.29 is 9.59 Å². The standard InChI is InChI=1S/C23H33N3O2/c1-5-19(27)26(18-10-13-23(15-18)11-6-7-12-23)20(17-9-8-14-24-16-17)21(28)25-22(2,3)4/h5,8-9,14,16,18,20H,1,6-7,10-13,15H2,2-4H3,(H,25,28). The van der Waals surface area contributed by atoms with Crippen LogP contribution in [0, 0.1) is 5.41 Å². The van der Waals surface area contributed by atoms with Gasteiger partial charge < -0.3 is 10.2 Å². The molecule has 1 N–H and O–H groups in total. The summed E-state index contributed by atoms with van der Waals surface area (Å²) < 4.78 is 0. The first-order valence-electron chi connectivity index (χ1n) is 10.4. The number of rotatable bonds is 5. The van der Waals surface area contributed by atoms with Gasteiger partial charge in [-0.05, 0) is 70.4 Å². The van der Waals surface area contributed by atoms with Gasteiger partial charge >= 0.3 is 0 Å². The van der Waals surface area contributed by atoms with Gasteiger partial charge in [-0.25, -0.2) is 0 Å². The van der Waals surface area contributed by atoms with E-state index in [-0.39, 0.29) is 23.4 Å². The van der Waals surface area contributed by atoms with Crippen molar-refractivity contribution in [1.29, 1.82) is 0 Å². The Kier molecular flexibility index (Phi) is 5.92. The molecule has 5 heteroatoms. The SMILES string of the molecule is C=CC(=O)N(C1CCC2(CCCC2)C1)C(C(=O)NC(C)(C)C)c1cccnc1. The molecule has 3 rings (SSSR count). The van der Waals surface area contributed by atoms with Crippen molar-refractivity contribution >= 4 is 11.8 Å². The van der Waals surface area contributed by atoms with E-state index in [1.807, 2.05) is 32.9 Å². The number of hydrogen-bond acceptors (Lipinski definition) is 3. The third-order valence-electron chi connectivity index (χ3n) is 6.19. The largest absolute Gasteiger partial charge is 0.349 e. The zero-order chi connectivity index (χ0) is 20.4. The fourth-order valence-electron chi connectivity index (χ4n) is 5.03. The van der Waals surface area contributed by atoms with Crippen molar-refractivity contribution in [2.75, 3.05) is 0 Å². The summed E-state index contributed by atoms with van der Waals surface area (Å²) in [5.41, 5.74) is 0.708. The fourth-order valence-corrected chi connectivity index (χ4v) is 5.03. The molecule has 1 aromatic heterocycles. The van der Waals surface area contributed by atoms with Crippen LogP contribution in [0.1, 0.15) is 77.3 Å². The second-order valence-corrected chi connectivity index (χ2v) is 9.48. The highest BCUT2D eigenvalue weighted by molar-refractivity contribution is 5.93. The summed E-state index contributed by atoms with van der Waals surface area (Å²) in [5, 5.41) is 3.07. The van der Waals surface area contributed by atoms with Crippen molar-refractivity contribution in [3.8, 4) is 0 Å². The van der Waals surface area contributed by atoms with E-state index >= 15 is 0 Å². The van der Waals surface area contributed by atoms with Crippen LogP contribution in [0.15, 0.2) is 37.2 Å². The Morgan fingerprint density at radius 2 is 2.04 bits per heavy atom. The maximum Gasteiger partial charge on any atom is 0.247 e. The zero-order valence-corrected chi connectivity index (χ0v) is 17.4. The van der Waals surface area contributed by atoms with Crippen LogP contribution in [0.25, 0.3) is 0 Å². The molecule has 28 heavy (non-hydrogen) atoms. The lowest BCUT2D eigenvalue weighted by molar-refractivity contribution is -0.141. The number of amides is 2. The number of carbonyl (C=O) groups excluding carboxylic acids is 2. The van der Waals surface area contributed by atoms with E-state index in [1.54, 1.807) is 17.3 Å². The molecule has 0 aromatic carbocycles. The molecule has 0 radical (unpaired) electrons. The Labute approximate surface area is 168 Å². The third-order valence-corrected chi connectivity index (χ3v) is 6.19. The van der Waals surface area contributed by atoms with Gasteiger partial charge in [-0.3, -0.25) is 14.6 Å².